The molecule has 0 aromatic heterocycles. The fourth-order valence-corrected chi connectivity index (χ4v) is 9.42. The van der Waals surface area contributed by atoms with E-state index in [2.05, 4.69) is 26.0 Å². The van der Waals surface area contributed by atoms with E-state index in [0.717, 1.165) is 38.5 Å². The molecule has 2 atom stereocenters. The summed E-state index contributed by atoms with van der Waals surface area (Å²) in [4.78, 5) is 37.1. The first-order chi connectivity index (χ1) is 35.1. The molecule has 0 spiro atoms. The van der Waals surface area contributed by atoms with E-state index in [-0.39, 0.29) is 32.2 Å². The zero-order valence-electron chi connectivity index (χ0n) is 48.6. The van der Waals surface area contributed by atoms with Crippen LogP contribution < -0.4 is 5.11 Å². The maximum absolute atomic E-state index is 12.8. The second kappa shape index (κ2) is 55.3. The largest absolute Gasteiger partial charge is 0.545 e. The molecular weight excluding hydrogens is 899 g/mol. The number of unbranched alkanes of at least 4 members (excludes halogenated alkanes) is 42. The van der Waals surface area contributed by atoms with Crippen LogP contribution in [-0.2, 0) is 33.3 Å². The lowest BCUT2D eigenvalue weighted by molar-refractivity contribution is -0.870. The van der Waals surface area contributed by atoms with Crippen molar-refractivity contribution in [2.24, 2.45) is 0 Å². The summed E-state index contributed by atoms with van der Waals surface area (Å²) in [6, 6.07) is 0. The van der Waals surface area contributed by atoms with Crippen LogP contribution in [0.3, 0.4) is 0 Å². The molecule has 0 aromatic rings. The summed E-state index contributed by atoms with van der Waals surface area (Å²) in [5.41, 5.74) is 0. The number of hydrogen-bond acceptors (Lipinski definition) is 8. The smallest absolute Gasteiger partial charge is 0.306 e. The third kappa shape index (κ3) is 55.8. The summed E-state index contributed by atoms with van der Waals surface area (Å²) in [5.74, 6) is -2.26. The number of rotatable bonds is 59. The lowest BCUT2D eigenvalue weighted by Gasteiger charge is -2.26. The molecule has 9 heteroatoms. The molecule has 426 valence electrons. The third-order valence-electron chi connectivity index (χ3n) is 14.3. The van der Waals surface area contributed by atoms with Gasteiger partial charge in [-0.1, -0.05) is 276 Å². The Morgan fingerprint density at radius 2 is 0.708 bits per heavy atom. The van der Waals surface area contributed by atoms with Crippen molar-refractivity contribution in [3.63, 3.8) is 0 Å². The summed E-state index contributed by atoms with van der Waals surface area (Å²) in [5, 5.41) is 11.7. The maximum Gasteiger partial charge on any atom is 0.306 e. The highest BCUT2D eigenvalue weighted by atomic mass is 16.7. The van der Waals surface area contributed by atoms with Gasteiger partial charge in [0.25, 0.3) is 0 Å². The number of carboxylic acid groups (broad SMARTS) is 1. The summed E-state index contributed by atoms with van der Waals surface area (Å²) >= 11 is 0. The molecular formula is C63H121NO8. The number of allylic oxidation sites excluding steroid dienone is 2. The second-order valence-corrected chi connectivity index (χ2v) is 22.7. The van der Waals surface area contributed by atoms with Gasteiger partial charge in [0.1, 0.15) is 13.2 Å². The van der Waals surface area contributed by atoms with Gasteiger partial charge in [-0.15, -0.1) is 0 Å². The van der Waals surface area contributed by atoms with E-state index >= 15 is 0 Å². The fourth-order valence-electron chi connectivity index (χ4n) is 9.42. The van der Waals surface area contributed by atoms with E-state index in [1.54, 1.807) is 0 Å². The van der Waals surface area contributed by atoms with E-state index in [1.165, 1.54) is 250 Å². The van der Waals surface area contributed by atoms with Crippen molar-refractivity contribution in [3.05, 3.63) is 12.2 Å². The quantitative estimate of drug-likeness (QED) is 0.0195. The summed E-state index contributed by atoms with van der Waals surface area (Å²) in [6.45, 7) is 4.78. The summed E-state index contributed by atoms with van der Waals surface area (Å²) in [7, 11) is 5.93. The molecule has 0 aliphatic rings. The van der Waals surface area contributed by atoms with Crippen molar-refractivity contribution >= 4 is 17.9 Å². The highest BCUT2D eigenvalue weighted by Crippen LogP contribution is 2.18. The molecule has 0 heterocycles. The Morgan fingerprint density at radius 1 is 0.403 bits per heavy atom. The number of carboxylic acids is 1. The second-order valence-electron chi connectivity index (χ2n) is 22.7. The first-order valence-corrected chi connectivity index (χ1v) is 31.3. The van der Waals surface area contributed by atoms with Crippen LogP contribution >= 0.6 is 0 Å². The first-order valence-electron chi connectivity index (χ1n) is 31.3. The minimum atomic E-state index is -1.61. The molecule has 0 amide bonds. The molecule has 0 saturated carbocycles. The van der Waals surface area contributed by atoms with Crippen molar-refractivity contribution < 1.29 is 42.9 Å². The van der Waals surface area contributed by atoms with Crippen LogP contribution in [0.25, 0.3) is 0 Å². The number of likely N-dealkylation sites (N-methyl/N-ethyl adjacent to an activating group) is 1. The average Bonchev–Trinajstić information content (AvgIpc) is 3.35. The van der Waals surface area contributed by atoms with Crippen LogP contribution in [0.4, 0.5) is 0 Å². The van der Waals surface area contributed by atoms with Crippen molar-refractivity contribution in [1.29, 1.82) is 0 Å². The number of hydrogen-bond donors (Lipinski definition) is 0. The van der Waals surface area contributed by atoms with Crippen LogP contribution in [-0.4, -0.2) is 82.3 Å². The molecule has 0 aliphatic heterocycles. The van der Waals surface area contributed by atoms with E-state index in [0.29, 0.717) is 17.4 Å². The molecule has 0 N–H and O–H groups in total. The maximum atomic E-state index is 12.8. The lowest BCUT2D eigenvalue weighted by Crippen LogP contribution is -2.44. The Morgan fingerprint density at radius 3 is 1.03 bits per heavy atom. The molecule has 0 radical (unpaired) electrons. The van der Waals surface area contributed by atoms with Crippen molar-refractivity contribution in [1.82, 2.24) is 0 Å². The van der Waals surface area contributed by atoms with Gasteiger partial charge in [-0.3, -0.25) is 9.59 Å². The molecule has 0 bridgehead atoms. The van der Waals surface area contributed by atoms with Crippen LogP contribution in [0.2, 0.25) is 0 Å². The molecule has 9 nitrogen and oxygen atoms in total. The van der Waals surface area contributed by atoms with Gasteiger partial charge >= 0.3 is 11.9 Å². The lowest BCUT2D eigenvalue weighted by atomic mass is 10.0. The van der Waals surface area contributed by atoms with Gasteiger partial charge in [0.2, 0.25) is 0 Å². The van der Waals surface area contributed by atoms with Crippen LogP contribution in [0.15, 0.2) is 12.2 Å². The van der Waals surface area contributed by atoms with Crippen LogP contribution in [0.1, 0.15) is 316 Å². The SMILES string of the molecule is CCCCCCCCCC/C=C\CCCCCCCCCCCCCCCCCCCCCCCCCCCC(=O)OC(COC(=O)CCCCCCCCCCCC)COC(OCC[N+](C)(C)C)C(=O)[O-]. The standard InChI is InChI=1S/C63H121NO8/c1-6-8-10-12-14-16-18-19-20-21-22-23-24-25-26-27-28-29-30-31-32-33-34-35-36-37-38-39-40-41-42-43-44-46-48-50-52-54-61(66)72-59(58-71-63(62(67)68)69-56-55-64(3,4)5)57-70-60(65)53-51-49-47-45-17-15-13-11-9-7-2/h21-22,59,63H,6-20,23-58H2,1-5H3/b22-21-. The van der Waals surface area contributed by atoms with Crippen LogP contribution in [0.5, 0.6) is 0 Å². The normalized spacial score (nSPS) is 12.7. The number of nitrogens with zero attached hydrogens (tertiary/aromatic N) is 1. The van der Waals surface area contributed by atoms with Gasteiger partial charge in [0, 0.05) is 12.8 Å². The summed E-state index contributed by atoms with van der Waals surface area (Å²) in [6.07, 6.45) is 61.7. The number of ether oxygens (including phenoxy) is 4. The predicted octanol–water partition coefficient (Wildman–Crippen LogP) is 17.2. The van der Waals surface area contributed by atoms with Gasteiger partial charge in [-0.05, 0) is 38.5 Å². The summed E-state index contributed by atoms with van der Waals surface area (Å²) < 4.78 is 22.6. The van der Waals surface area contributed by atoms with Crippen molar-refractivity contribution in [2.75, 3.05) is 47.5 Å². The average molecular weight is 1020 g/mol. The molecule has 0 fully saturated rings. The monoisotopic (exact) mass is 1020 g/mol. The number of carbonyl (C=O) groups is 3. The Kier molecular flexibility index (Phi) is 53.8. The number of carbonyl (C=O) groups excluding carboxylic acids is 3. The Labute approximate surface area is 446 Å². The number of quaternary nitrogens is 1. The minimum absolute atomic E-state index is 0.152. The van der Waals surface area contributed by atoms with E-state index in [1.807, 2.05) is 21.1 Å². The molecule has 0 rings (SSSR count). The van der Waals surface area contributed by atoms with Crippen molar-refractivity contribution in [2.45, 2.75) is 328 Å². The number of aliphatic carboxylic acids is 1. The van der Waals surface area contributed by atoms with Gasteiger partial charge in [-0.25, -0.2) is 0 Å². The molecule has 0 aliphatic carbocycles. The van der Waals surface area contributed by atoms with Crippen molar-refractivity contribution in [3.8, 4) is 0 Å². The Hall–Kier alpha value is -1.97. The first kappa shape index (κ1) is 70.0. The van der Waals surface area contributed by atoms with Crippen LogP contribution in [0, 0.1) is 0 Å². The predicted molar refractivity (Wildman–Crippen MR) is 302 cm³/mol. The molecule has 2 unspecified atom stereocenters. The molecule has 0 saturated heterocycles. The Bertz CT molecular complexity index is 1190. The highest BCUT2D eigenvalue weighted by Gasteiger charge is 2.22. The minimum Gasteiger partial charge on any atom is -0.545 e. The Balaban J connectivity index is 3.88. The third-order valence-corrected chi connectivity index (χ3v) is 14.3. The highest BCUT2D eigenvalue weighted by molar-refractivity contribution is 5.70. The molecule has 0 aromatic carbocycles. The van der Waals surface area contributed by atoms with Gasteiger partial charge in [0.15, 0.2) is 12.4 Å². The van der Waals surface area contributed by atoms with Gasteiger partial charge in [-0.2, -0.15) is 0 Å². The van der Waals surface area contributed by atoms with Gasteiger partial charge in [0.05, 0.1) is 40.3 Å². The van der Waals surface area contributed by atoms with Gasteiger partial charge < -0.3 is 33.3 Å². The topological polar surface area (TPSA) is 111 Å². The van der Waals surface area contributed by atoms with E-state index in [9.17, 15) is 19.5 Å². The fraction of sp³-hybridized carbons (Fsp3) is 0.921. The van der Waals surface area contributed by atoms with E-state index in [4.69, 9.17) is 18.9 Å². The number of esters is 2. The molecule has 72 heavy (non-hydrogen) atoms. The zero-order chi connectivity index (χ0) is 52.7. The van der Waals surface area contributed by atoms with E-state index < -0.39 is 24.3 Å². The zero-order valence-corrected chi connectivity index (χ0v) is 48.6.